The van der Waals surface area contributed by atoms with Gasteiger partial charge in [0.15, 0.2) is 0 Å². The van der Waals surface area contributed by atoms with E-state index >= 15 is 0 Å². The molecule has 1 aromatic heterocycles. The number of nitro groups is 1. The summed E-state index contributed by atoms with van der Waals surface area (Å²) in [4.78, 5) is 10.1. The molecule has 0 atom stereocenters. The molecule has 8 heteroatoms. The summed E-state index contributed by atoms with van der Waals surface area (Å²) in [6, 6.07) is 5.63. The van der Waals surface area contributed by atoms with Gasteiger partial charge in [-0.15, -0.1) is 0 Å². The molecule has 2 rings (SSSR count). The first-order valence-corrected chi connectivity index (χ1v) is 6.68. The zero-order chi connectivity index (χ0) is 13.3. The van der Waals surface area contributed by atoms with Crippen LogP contribution in [0.4, 0.5) is 5.69 Å². The Kier molecular flexibility index (Phi) is 3.05. The zero-order valence-corrected chi connectivity index (χ0v) is 10.1. The van der Waals surface area contributed by atoms with Crippen LogP contribution in [0.5, 0.6) is 0 Å². The van der Waals surface area contributed by atoms with Crippen LogP contribution in [0.1, 0.15) is 5.76 Å². The van der Waals surface area contributed by atoms with Crippen LogP contribution in [0.2, 0.25) is 0 Å². The van der Waals surface area contributed by atoms with Crippen LogP contribution < -0.4 is 0 Å². The summed E-state index contributed by atoms with van der Waals surface area (Å²) in [6.07, 6.45) is 0.931. The first-order valence-electron chi connectivity index (χ1n) is 4.86. The van der Waals surface area contributed by atoms with Gasteiger partial charge in [0, 0.05) is 17.5 Å². The van der Waals surface area contributed by atoms with Crippen molar-refractivity contribution in [3.63, 3.8) is 0 Å². The average molecular weight is 271 g/mol. The minimum atomic E-state index is -3.55. The molecule has 0 aliphatic heterocycles. The Hall–Kier alpha value is -1.93. The molecule has 0 aliphatic carbocycles. The lowest BCUT2D eigenvalue weighted by Crippen LogP contribution is -2.01. The van der Waals surface area contributed by atoms with Crippen LogP contribution in [0.25, 0.3) is 11.0 Å². The lowest BCUT2D eigenvalue weighted by Gasteiger charge is -1.96. The van der Waals surface area contributed by atoms with Gasteiger partial charge in [0.05, 0.1) is 11.2 Å². The summed E-state index contributed by atoms with van der Waals surface area (Å²) < 4.78 is 31.5. The van der Waals surface area contributed by atoms with E-state index < -0.39 is 15.0 Å². The molecule has 0 radical (unpaired) electrons. The van der Waals surface area contributed by atoms with Gasteiger partial charge in [-0.2, -0.15) is 8.42 Å². The van der Waals surface area contributed by atoms with Gasteiger partial charge in [0.25, 0.3) is 15.8 Å². The smallest absolute Gasteiger partial charge is 0.270 e. The fourth-order valence-corrected chi connectivity index (χ4v) is 1.77. The van der Waals surface area contributed by atoms with Gasteiger partial charge in [-0.3, -0.25) is 14.3 Å². The van der Waals surface area contributed by atoms with Crippen molar-refractivity contribution in [3.8, 4) is 0 Å². The Bertz CT molecular complexity index is 702. The largest absolute Gasteiger partial charge is 0.459 e. The third-order valence-electron chi connectivity index (χ3n) is 2.18. The maximum absolute atomic E-state index is 10.8. The van der Waals surface area contributed by atoms with Crippen LogP contribution in [0.15, 0.2) is 28.7 Å². The van der Waals surface area contributed by atoms with Gasteiger partial charge in [-0.1, -0.05) is 0 Å². The van der Waals surface area contributed by atoms with Crippen molar-refractivity contribution in [2.24, 2.45) is 0 Å². The molecule has 18 heavy (non-hydrogen) atoms. The lowest BCUT2D eigenvalue weighted by molar-refractivity contribution is -0.384. The van der Waals surface area contributed by atoms with Crippen molar-refractivity contribution >= 4 is 26.8 Å². The van der Waals surface area contributed by atoms with Gasteiger partial charge in [0.1, 0.15) is 18.0 Å². The first-order chi connectivity index (χ1) is 8.35. The van der Waals surface area contributed by atoms with Crippen molar-refractivity contribution in [3.05, 3.63) is 40.1 Å². The lowest BCUT2D eigenvalue weighted by atomic mass is 10.2. The Labute approximate surface area is 102 Å². The summed E-state index contributed by atoms with van der Waals surface area (Å²) in [6.45, 7) is -0.235. The Balaban J connectivity index is 2.30. The van der Waals surface area contributed by atoms with Crippen molar-refractivity contribution in [1.82, 2.24) is 0 Å². The third-order valence-corrected chi connectivity index (χ3v) is 2.72. The Morgan fingerprint density at radius 3 is 2.72 bits per heavy atom. The molecular formula is C10H9NO6S. The maximum Gasteiger partial charge on any atom is 0.270 e. The summed E-state index contributed by atoms with van der Waals surface area (Å²) in [7, 11) is -3.55. The number of nitrogens with zero attached hydrogens (tertiary/aromatic N) is 1. The first kappa shape index (κ1) is 12.5. The van der Waals surface area contributed by atoms with Crippen LogP contribution in [0, 0.1) is 10.1 Å². The molecule has 7 nitrogen and oxygen atoms in total. The van der Waals surface area contributed by atoms with Crippen LogP contribution in [0.3, 0.4) is 0 Å². The normalized spacial score (nSPS) is 11.8. The van der Waals surface area contributed by atoms with Gasteiger partial charge >= 0.3 is 0 Å². The molecule has 0 unspecified atom stereocenters. The fraction of sp³-hybridized carbons (Fsp3) is 0.200. The van der Waals surface area contributed by atoms with Gasteiger partial charge in [-0.05, 0) is 12.1 Å². The molecule has 0 bridgehead atoms. The van der Waals surface area contributed by atoms with Gasteiger partial charge in [0.2, 0.25) is 0 Å². The van der Waals surface area contributed by atoms with Crippen molar-refractivity contribution < 1.29 is 21.9 Å². The molecule has 1 heterocycles. The molecule has 0 amide bonds. The highest BCUT2D eigenvalue weighted by atomic mass is 32.2. The van der Waals surface area contributed by atoms with E-state index in [1.165, 1.54) is 24.3 Å². The molecule has 0 spiro atoms. The van der Waals surface area contributed by atoms with Gasteiger partial charge < -0.3 is 4.42 Å². The molecule has 2 aromatic rings. The molecule has 0 fully saturated rings. The number of non-ortho nitro benzene ring substituents is 1. The van der Waals surface area contributed by atoms with Crippen molar-refractivity contribution in [2.45, 2.75) is 6.61 Å². The topological polar surface area (TPSA) is 99.7 Å². The standard InChI is InChI=1S/C10H9NO6S/c1-18(14,15)16-6-9-5-7-4-8(11(12)13)2-3-10(7)17-9/h2-5H,6H2,1H3. The predicted octanol–water partition coefficient (Wildman–Crippen LogP) is 1.82. The summed E-state index contributed by atoms with van der Waals surface area (Å²) in [5, 5.41) is 11.1. The monoisotopic (exact) mass is 271 g/mol. The van der Waals surface area contributed by atoms with Crippen molar-refractivity contribution in [2.75, 3.05) is 6.26 Å². The third kappa shape index (κ3) is 2.84. The molecule has 0 saturated heterocycles. The van der Waals surface area contributed by atoms with Crippen LogP contribution >= 0.6 is 0 Å². The van der Waals surface area contributed by atoms with E-state index in [9.17, 15) is 18.5 Å². The number of furan rings is 1. The van der Waals surface area contributed by atoms with E-state index in [2.05, 4.69) is 4.18 Å². The van der Waals surface area contributed by atoms with E-state index in [4.69, 9.17) is 4.42 Å². The second-order valence-corrected chi connectivity index (χ2v) is 5.30. The average Bonchev–Trinajstić information content (AvgIpc) is 2.66. The predicted molar refractivity (Wildman–Crippen MR) is 62.5 cm³/mol. The maximum atomic E-state index is 10.8. The van der Waals surface area contributed by atoms with Crippen molar-refractivity contribution in [1.29, 1.82) is 0 Å². The second-order valence-electron chi connectivity index (χ2n) is 3.66. The minimum absolute atomic E-state index is 0.0566. The summed E-state index contributed by atoms with van der Waals surface area (Å²) in [5.74, 6) is 0.288. The number of benzene rings is 1. The molecule has 96 valence electrons. The molecule has 0 aliphatic rings. The number of fused-ring (bicyclic) bond motifs is 1. The van der Waals surface area contributed by atoms with E-state index in [1.54, 1.807) is 0 Å². The highest BCUT2D eigenvalue weighted by molar-refractivity contribution is 7.85. The quantitative estimate of drug-likeness (QED) is 0.477. The summed E-state index contributed by atoms with van der Waals surface area (Å²) >= 11 is 0. The number of nitro benzene ring substituents is 1. The van der Waals surface area contributed by atoms with Crippen LogP contribution in [-0.2, 0) is 20.9 Å². The second kappa shape index (κ2) is 4.39. The minimum Gasteiger partial charge on any atom is -0.459 e. The summed E-state index contributed by atoms with van der Waals surface area (Å²) in [5.41, 5.74) is 0.381. The van der Waals surface area contributed by atoms with Gasteiger partial charge in [-0.25, -0.2) is 0 Å². The number of hydrogen-bond acceptors (Lipinski definition) is 6. The van der Waals surface area contributed by atoms with E-state index in [0.717, 1.165) is 6.26 Å². The highest BCUT2D eigenvalue weighted by Gasteiger charge is 2.11. The Morgan fingerprint density at radius 2 is 2.11 bits per heavy atom. The molecular weight excluding hydrogens is 262 g/mol. The van der Waals surface area contributed by atoms with E-state index in [0.29, 0.717) is 11.0 Å². The SMILES string of the molecule is CS(=O)(=O)OCc1cc2cc([N+](=O)[O-])ccc2o1. The Morgan fingerprint density at radius 1 is 1.39 bits per heavy atom. The van der Waals surface area contributed by atoms with E-state index in [-0.39, 0.29) is 18.1 Å². The molecule has 1 aromatic carbocycles. The number of hydrogen-bond donors (Lipinski definition) is 0. The zero-order valence-electron chi connectivity index (χ0n) is 9.32. The fourth-order valence-electron chi connectivity index (χ4n) is 1.44. The van der Waals surface area contributed by atoms with E-state index in [1.807, 2.05) is 0 Å². The van der Waals surface area contributed by atoms with Crippen LogP contribution in [-0.4, -0.2) is 19.6 Å². The number of rotatable bonds is 4. The highest BCUT2D eigenvalue weighted by Crippen LogP contribution is 2.24. The molecule has 0 saturated carbocycles. The molecule has 0 N–H and O–H groups in total.